The molecular formula is C6H8ClIN2. The minimum absolute atomic E-state index is 0.744. The SMILES string of the molecule is CCCn1ncc(Cl)c1I. The Bertz CT molecular complexity index is 222. The van der Waals surface area contributed by atoms with Gasteiger partial charge in [-0.15, -0.1) is 0 Å². The summed E-state index contributed by atoms with van der Waals surface area (Å²) >= 11 is 7.97. The lowest BCUT2D eigenvalue weighted by atomic mass is 10.5. The molecule has 0 amide bonds. The second-order valence-electron chi connectivity index (χ2n) is 2.01. The van der Waals surface area contributed by atoms with Gasteiger partial charge >= 0.3 is 0 Å². The summed E-state index contributed by atoms with van der Waals surface area (Å²) in [6, 6.07) is 0. The van der Waals surface area contributed by atoms with E-state index in [2.05, 4.69) is 34.6 Å². The smallest absolute Gasteiger partial charge is 0.117 e. The van der Waals surface area contributed by atoms with Crippen LogP contribution in [0.3, 0.4) is 0 Å². The largest absolute Gasteiger partial charge is 0.258 e. The van der Waals surface area contributed by atoms with E-state index in [4.69, 9.17) is 11.6 Å². The first kappa shape index (κ1) is 8.33. The zero-order valence-electron chi connectivity index (χ0n) is 5.64. The highest BCUT2D eigenvalue weighted by molar-refractivity contribution is 14.1. The van der Waals surface area contributed by atoms with Gasteiger partial charge in [0.25, 0.3) is 0 Å². The Morgan fingerprint density at radius 2 is 2.50 bits per heavy atom. The fourth-order valence-electron chi connectivity index (χ4n) is 0.715. The van der Waals surface area contributed by atoms with Crippen molar-refractivity contribution >= 4 is 34.2 Å². The number of halogens is 2. The van der Waals surface area contributed by atoms with Crippen LogP contribution in [0.2, 0.25) is 5.02 Å². The van der Waals surface area contributed by atoms with Crippen molar-refractivity contribution in [2.24, 2.45) is 0 Å². The Hall–Kier alpha value is 0.230. The average Bonchev–Trinajstić information content (AvgIpc) is 2.20. The Kier molecular flexibility index (Phi) is 2.97. The van der Waals surface area contributed by atoms with Crippen LogP contribution in [-0.2, 0) is 6.54 Å². The third-order valence-electron chi connectivity index (χ3n) is 1.17. The standard InChI is InChI=1S/C6H8ClIN2/c1-2-3-10-6(8)5(7)4-9-10/h4H,2-3H2,1H3. The first-order chi connectivity index (χ1) is 4.75. The maximum absolute atomic E-state index is 5.77. The summed E-state index contributed by atoms with van der Waals surface area (Å²) in [6.07, 6.45) is 2.77. The summed E-state index contributed by atoms with van der Waals surface area (Å²) in [7, 11) is 0. The third-order valence-corrected chi connectivity index (χ3v) is 2.90. The molecule has 0 radical (unpaired) electrons. The van der Waals surface area contributed by atoms with Crippen LogP contribution in [-0.4, -0.2) is 9.78 Å². The molecule has 1 aromatic heterocycles. The van der Waals surface area contributed by atoms with E-state index in [0.717, 1.165) is 21.7 Å². The van der Waals surface area contributed by atoms with Crippen LogP contribution in [0, 0.1) is 3.70 Å². The molecule has 4 heteroatoms. The fourth-order valence-corrected chi connectivity index (χ4v) is 1.36. The molecule has 0 bridgehead atoms. The predicted molar refractivity (Wildman–Crippen MR) is 50.2 cm³/mol. The van der Waals surface area contributed by atoms with Crippen LogP contribution in [0.1, 0.15) is 13.3 Å². The molecular weight excluding hydrogens is 262 g/mol. The van der Waals surface area contributed by atoms with Gasteiger partial charge in [0, 0.05) is 6.54 Å². The van der Waals surface area contributed by atoms with Gasteiger partial charge in [-0.3, -0.25) is 4.68 Å². The minimum Gasteiger partial charge on any atom is -0.258 e. The lowest BCUT2D eigenvalue weighted by molar-refractivity contribution is 0.590. The molecule has 0 saturated heterocycles. The van der Waals surface area contributed by atoms with Gasteiger partial charge in [0.2, 0.25) is 0 Å². The van der Waals surface area contributed by atoms with E-state index in [1.165, 1.54) is 0 Å². The molecule has 1 aromatic rings. The summed E-state index contributed by atoms with van der Waals surface area (Å²) < 4.78 is 2.93. The normalized spacial score (nSPS) is 10.3. The fraction of sp³-hybridized carbons (Fsp3) is 0.500. The number of aryl methyl sites for hydroxylation is 1. The van der Waals surface area contributed by atoms with Crippen LogP contribution in [0.25, 0.3) is 0 Å². The van der Waals surface area contributed by atoms with Crippen molar-refractivity contribution in [3.63, 3.8) is 0 Å². The van der Waals surface area contributed by atoms with Crippen molar-refractivity contribution in [1.29, 1.82) is 0 Å². The average molecular weight is 271 g/mol. The van der Waals surface area contributed by atoms with E-state index >= 15 is 0 Å². The molecule has 0 saturated carbocycles. The summed E-state index contributed by atoms with van der Waals surface area (Å²) in [5, 5.41) is 4.83. The van der Waals surface area contributed by atoms with Crippen molar-refractivity contribution in [2.45, 2.75) is 19.9 Å². The molecule has 10 heavy (non-hydrogen) atoms. The highest BCUT2D eigenvalue weighted by atomic mass is 127. The molecule has 0 spiro atoms. The molecule has 0 N–H and O–H groups in total. The molecule has 1 heterocycles. The molecule has 56 valence electrons. The van der Waals surface area contributed by atoms with Crippen LogP contribution in [0.15, 0.2) is 6.20 Å². The van der Waals surface area contributed by atoms with Gasteiger partial charge in [0.15, 0.2) is 0 Å². The van der Waals surface area contributed by atoms with Crippen LogP contribution >= 0.6 is 34.2 Å². The monoisotopic (exact) mass is 270 g/mol. The van der Waals surface area contributed by atoms with E-state index in [1.807, 2.05) is 4.68 Å². The summed E-state index contributed by atoms with van der Waals surface area (Å²) in [5.74, 6) is 0. The van der Waals surface area contributed by atoms with Gasteiger partial charge in [-0.2, -0.15) is 5.10 Å². The van der Waals surface area contributed by atoms with E-state index in [-0.39, 0.29) is 0 Å². The van der Waals surface area contributed by atoms with Gasteiger partial charge < -0.3 is 0 Å². The van der Waals surface area contributed by atoms with Crippen molar-refractivity contribution in [2.75, 3.05) is 0 Å². The Morgan fingerprint density at radius 1 is 1.80 bits per heavy atom. The van der Waals surface area contributed by atoms with Gasteiger partial charge in [0.1, 0.15) is 3.70 Å². The lowest BCUT2D eigenvalue weighted by Gasteiger charge is -1.97. The summed E-state index contributed by atoms with van der Waals surface area (Å²) in [6.45, 7) is 3.07. The summed E-state index contributed by atoms with van der Waals surface area (Å²) in [4.78, 5) is 0. The molecule has 0 fully saturated rings. The Balaban J connectivity index is 2.83. The molecule has 0 aliphatic rings. The topological polar surface area (TPSA) is 17.8 Å². The lowest BCUT2D eigenvalue weighted by Crippen LogP contribution is -2.00. The second kappa shape index (κ2) is 3.57. The second-order valence-corrected chi connectivity index (χ2v) is 3.44. The highest BCUT2D eigenvalue weighted by Crippen LogP contribution is 2.16. The van der Waals surface area contributed by atoms with E-state index in [0.29, 0.717) is 0 Å². The highest BCUT2D eigenvalue weighted by Gasteiger charge is 2.02. The van der Waals surface area contributed by atoms with Crippen LogP contribution < -0.4 is 0 Å². The third kappa shape index (κ3) is 1.63. The van der Waals surface area contributed by atoms with Crippen LogP contribution in [0.5, 0.6) is 0 Å². The predicted octanol–water partition coefficient (Wildman–Crippen LogP) is 2.55. The summed E-state index contributed by atoms with van der Waals surface area (Å²) in [5.41, 5.74) is 0. The van der Waals surface area contributed by atoms with Gasteiger partial charge in [-0.25, -0.2) is 0 Å². The molecule has 1 rings (SSSR count). The maximum Gasteiger partial charge on any atom is 0.117 e. The molecule has 0 aliphatic carbocycles. The number of nitrogens with zero attached hydrogens (tertiary/aromatic N) is 2. The zero-order chi connectivity index (χ0) is 7.56. The quantitative estimate of drug-likeness (QED) is 0.755. The molecule has 0 unspecified atom stereocenters. The first-order valence-electron chi connectivity index (χ1n) is 3.12. The molecule has 0 atom stereocenters. The molecule has 2 nitrogen and oxygen atoms in total. The Morgan fingerprint density at radius 3 is 2.90 bits per heavy atom. The first-order valence-corrected chi connectivity index (χ1v) is 4.58. The van der Waals surface area contributed by atoms with E-state index in [1.54, 1.807) is 6.20 Å². The van der Waals surface area contributed by atoms with Crippen molar-refractivity contribution < 1.29 is 0 Å². The molecule has 0 aliphatic heterocycles. The zero-order valence-corrected chi connectivity index (χ0v) is 8.56. The van der Waals surface area contributed by atoms with Gasteiger partial charge in [-0.05, 0) is 29.0 Å². The van der Waals surface area contributed by atoms with Gasteiger partial charge in [-0.1, -0.05) is 18.5 Å². The van der Waals surface area contributed by atoms with Crippen LogP contribution in [0.4, 0.5) is 0 Å². The van der Waals surface area contributed by atoms with Crippen molar-refractivity contribution in [3.8, 4) is 0 Å². The number of hydrogen-bond acceptors (Lipinski definition) is 1. The van der Waals surface area contributed by atoms with Gasteiger partial charge in [0.05, 0.1) is 11.2 Å². The maximum atomic E-state index is 5.77. The number of aromatic nitrogens is 2. The Labute approximate surface area is 78.7 Å². The molecule has 0 aromatic carbocycles. The number of rotatable bonds is 2. The minimum atomic E-state index is 0.744. The number of hydrogen-bond donors (Lipinski definition) is 0. The van der Waals surface area contributed by atoms with E-state index in [9.17, 15) is 0 Å². The van der Waals surface area contributed by atoms with Crippen molar-refractivity contribution in [3.05, 3.63) is 14.9 Å². The van der Waals surface area contributed by atoms with E-state index < -0.39 is 0 Å². The van der Waals surface area contributed by atoms with Crippen molar-refractivity contribution in [1.82, 2.24) is 9.78 Å².